The Kier molecular flexibility index (Phi) is 7.72. The van der Waals surface area contributed by atoms with Crippen molar-refractivity contribution in [2.24, 2.45) is 5.92 Å². The number of amides is 2. The molecule has 2 amide bonds. The standard InChI is InChI=1S/C25H30N4O4S/c1-3-33-25(32)18-5-10-22(26-16-18)27-11-4-12-28(14-13-27)24(31)19-15-23(30)29(17-19)20-6-8-21(34-2)9-7-20/h5-10,16,19H,3-4,11-15,17H2,1-2H3. The molecule has 2 aliphatic heterocycles. The van der Waals surface area contributed by atoms with E-state index in [9.17, 15) is 14.4 Å². The molecule has 4 rings (SSSR count). The van der Waals surface area contributed by atoms with Crippen molar-refractivity contribution in [2.75, 3.05) is 55.4 Å². The van der Waals surface area contributed by atoms with Gasteiger partial charge >= 0.3 is 5.97 Å². The Labute approximate surface area is 204 Å². The second-order valence-electron chi connectivity index (χ2n) is 8.39. The number of nitrogens with zero attached hydrogens (tertiary/aromatic N) is 4. The predicted molar refractivity (Wildman–Crippen MR) is 132 cm³/mol. The maximum Gasteiger partial charge on any atom is 0.339 e. The van der Waals surface area contributed by atoms with Crippen molar-refractivity contribution in [3.63, 3.8) is 0 Å². The molecule has 8 nitrogen and oxygen atoms in total. The molecule has 3 heterocycles. The molecule has 2 aromatic rings. The smallest absolute Gasteiger partial charge is 0.339 e. The first-order valence-corrected chi connectivity index (χ1v) is 12.8. The third kappa shape index (κ3) is 5.35. The van der Waals surface area contributed by atoms with Crippen molar-refractivity contribution in [1.29, 1.82) is 0 Å². The van der Waals surface area contributed by atoms with Crippen LogP contribution in [0.2, 0.25) is 0 Å². The molecule has 9 heteroatoms. The van der Waals surface area contributed by atoms with Gasteiger partial charge in [0.05, 0.1) is 18.1 Å². The zero-order valence-corrected chi connectivity index (χ0v) is 20.4. The maximum absolute atomic E-state index is 13.3. The van der Waals surface area contributed by atoms with Crippen molar-refractivity contribution in [1.82, 2.24) is 9.88 Å². The second kappa shape index (κ2) is 10.9. The quantitative estimate of drug-likeness (QED) is 0.462. The highest BCUT2D eigenvalue weighted by atomic mass is 32.2. The van der Waals surface area contributed by atoms with Gasteiger partial charge in [0.15, 0.2) is 0 Å². The minimum atomic E-state index is -0.380. The summed E-state index contributed by atoms with van der Waals surface area (Å²) in [5.74, 6) is 0.121. The molecule has 34 heavy (non-hydrogen) atoms. The number of carbonyl (C=O) groups is 3. The van der Waals surface area contributed by atoms with Gasteiger partial charge in [-0.1, -0.05) is 0 Å². The highest BCUT2D eigenvalue weighted by molar-refractivity contribution is 7.98. The van der Waals surface area contributed by atoms with Gasteiger partial charge in [0.1, 0.15) is 5.82 Å². The number of carbonyl (C=O) groups excluding carboxylic acids is 3. The molecule has 1 aromatic carbocycles. The minimum absolute atomic E-state index is 0.00223. The number of hydrogen-bond donors (Lipinski definition) is 0. The van der Waals surface area contributed by atoms with Gasteiger partial charge in [-0.05, 0) is 56.0 Å². The van der Waals surface area contributed by atoms with E-state index in [1.165, 1.54) is 6.20 Å². The van der Waals surface area contributed by atoms with Crippen molar-refractivity contribution in [3.05, 3.63) is 48.2 Å². The molecular formula is C25H30N4O4S. The van der Waals surface area contributed by atoms with E-state index in [0.717, 1.165) is 29.4 Å². The average molecular weight is 483 g/mol. The van der Waals surface area contributed by atoms with Crippen molar-refractivity contribution in [2.45, 2.75) is 24.7 Å². The largest absolute Gasteiger partial charge is 0.462 e. The first kappa shape index (κ1) is 24.1. The average Bonchev–Trinajstić information content (AvgIpc) is 3.09. The van der Waals surface area contributed by atoms with Gasteiger partial charge in [0.2, 0.25) is 11.8 Å². The van der Waals surface area contributed by atoms with Crippen LogP contribution in [-0.4, -0.2) is 73.3 Å². The number of anilines is 2. The van der Waals surface area contributed by atoms with Crippen molar-refractivity contribution in [3.8, 4) is 0 Å². The number of esters is 1. The second-order valence-corrected chi connectivity index (χ2v) is 9.27. The summed E-state index contributed by atoms with van der Waals surface area (Å²) < 4.78 is 5.01. The molecular weight excluding hydrogens is 452 g/mol. The molecule has 0 radical (unpaired) electrons. The Hall–Kier alpha value is -3.07. The first-order chi connectivity index (χ1) is 16.5. The van der Waals surface area contributed by atoms with Gasteiger partial charge in [0, 0.05) is 55.9 Å². The van der Waals surface area contributed by atoms with Crippen LogP contribution in [0, 0.1) is 5.92 Å². The Balaban J connectivity index is 1.35. The first-order valence-electron chi connectivity index (χ1n) is 11.6. The fraction of sp³-hybridized carbons (Fsp3) is 0.440. The predicted octanol–water partition coefficient (Wildman–Crippen LogP) is 3.07. The number of rotatable bonds is 6. The highest BCUT2D eigenvalue weighted by Crippen LogP contribution is 2.28. The molecule has 0 N–H and O–H groups in total. The molecule has 0 bridgehead atoms. The Morgan fingerprint density at radius 3 is 2.56 bits per heavy atom. The fourth-order valence-electron chi connectivity index (χ4n) is 4.42. The maximum atomic E-state index is 13.3. The van der Waals surface area contributed by atoms with Crippen LogP contribution in [0.1, 0.15) is 30.1 Å². The Morgan fingerprint density at radius 2 is 1.88 bits per heavy atom. The third-order valence-electron chi connectivity index (χ3n) is 6.25. The molecule has 1 atom stereocenters. The summed E-state index contributed by atoms with van der Waals surface area (Å²) in [5.41, 5.74) is 1.27. The number of aromatic nitrogens is 1. The molecule has 180 valence electrons. The van der Waals surface area contributed by atoms with E-state index in [1.54, 1.807) is 29.7 Å². The van der Waals surface area contributed by atoms with Crippen molar-refractivity contribution >= 4 is 41.1 Å². The third-order valence-corrected chi connectivity index (χ3v) is 6.99. The molecule has 0 spiro atoms. The van der Waals surface area contributed by atoms with E-state index in [-0.39, 0.29) is 30.1 Å². The van der Waals surface area contributed by atoms with Gasteiger partial charge in [-0.2, -0.15) is 0 Å². The summed E-state index contributed by atoms with van der Waals surface area (Å²) in [7, 11) is 0. The molecule has 2 fully saturated rings. The normalized spacial score (nSPS) is 18.7. The van der Waals surface area contributed by atoms with E-state index in [1.807, 2.05) is 41.5 Å². The SMILES string of the molecule is CCOC(=O)c1ccc(N2CCCN(C(=O)C3CC(=O)N(c4ccc(SC)cc4)C3)CC2)nc1. The van der Waals surface area contributed by atoms with Crippen LogP contribution in [0.4, 0.5) is 11.5 Å². The van der Waals surface area contributed by atoms with Crippen LogP contribution in [0.3, 0.4) is 0 Å². The van der Waals surface area contributed by atoms with Crippen LogP contribution in [0.25, 0.3) is 0 Å². The summed E-state index contributed by atoms with van der Waals surface area (Å²) in [6.07, 6.45) is 4.61. The van der Waals surface area contributed by atoms with Gasteiger partial charge in [0.25, 0.3) is 0 Å². The van der Waals surface area contributed by atoms with E-state index >= 15 is 0 Å². The number of hydrogen-bond acceptors (Lipinski definition) is 7. The fourth-order valence-corrected chi connectivity index (χ4v) is 4.83. The van der Waals surface area contributed by atoms with Gasteiger partial charge in [-0.15, -0.1) is 11.8 Å². The molecule has 0 aliphatic carbocycles. The lowest BCUT2D eigenvalue weighted by molar-refractivity contribution is -0.135. The summed E-state index contributed by atoms with van der Waals surface area (Å²) in [6.45, 7) is 5.17. The van der Waals surface area contributed by atoms with Crippen LogP contribution in [0.15, 0.2) is 47.5 Å². The molecule has 2 aliphatic rings. The molecule has 1 aromatic heterocycles. The zero-order chi connectivity index (χ0) is 24.1. The van der Waals surface area contributed by atoms with Crippen molar-refractivity contribution < 1.29 is 19.1 Å². The number of thioether (sulfide) groups is 1. The molecule has 2 saturated heterocycles. The summed E-state index contributed by atoms with van der Waals surface area (Å²) in [6, 6.07) is 11.4. The van der Waals surface area contributed by atoms with Crippen LogP contribution in [0.5, 0.6) is 0 Å². The number of pyridine rings is 1. The summed E-state index contributed by atoms with van der Waals surface area (Å²) in [5, 5.41) is 0. The van der Waals surface area contributed by atoms with E-state index in [4.69, 9.17) is 4.74 Å². The Morgan fingerprint density at radius 1 is 1.09 bits per heavy atom. The minimum Gasteiger partial charge on any atom is -0.462 e. The monoisotopic (exact) mass is 482 g/mol. The number of benzene rings is 1. The summed E-state index contributed by atoms with van der Waals surface area (Å²) in [4.78, 5) is 49.1. The number of ether oxygens (including phenoxy) is 1. The van der Waals surface area contributed by atoms with Crippen LogP contribution < -0.4 is 9.80 Å². The summed E-state index contributed by atoms with van der Waals surface area (Å²) >= 11 is 1.66. The lowest BCUT2D eigenvalue weighted by Crippen LogP contribution is -2.40. The van der Waals surface area contributed by atoms with Gasteiger partial charge in [-0.3, -0.25) is 9.59 Å². The lowest BCUT2D eigenvalue weighted by Gasteiger charge is -2.25. The van der Waals surface area contributed by atoms with E-state index in [2.05, 4.69) is 9.88 Å². The zero-order valence-electron chi connectivity index (χ0n) is 19.6. The van der Waals surface area contributed by atoms with E-state index in [0.29, 0.717) is 38.3 Å². The lowest BCUT2D eigenvalue weighted by atomic mass is 10.1. The highest BCUT2D eigenvalue weighted by Gasteiger charge is 2.37. The van der Waals surface area contributed by atoms with Gasteiger partial charge < -0.3 is 19.4 Å². The molecule has 0 saturated carbocycles. The Bertz CT molecular complexity index is 1030. The van der Waals surface area contributed by atoms with Crippen LogP contribution in [-0.2, 0) is 14.3 Å². The molecule has 1 unspecified atom stereocenters. The van der Waals surface area contributed by atoms with Crippen LogP contribution >= 0.6 is 11.8 Å². The topological polar surface area (TPSA) is 83.0 Å². The van der Waals surface area contributed by atoms with Gasteiger partial charge in [-0.25, -0.2) is 9.78 Å². The van der Waals surface area contributed by atoms with E-state index < -0.39 is 0 Å².